The van der Waals surface area contributed by atoms with Crippen LogP contribution in [-0.2, 0) is 24.2 Å². The van der Waals surface area contributed by atoms with Crippen molar-refractivity contribution in [3.63, 3.8) is 0 Å². The molecule has 0 atom stereocenters. The minimum absolute atomic E-state index is 0.0762. The summed E-state index contributed by atoms with van der Waals surface area (Å²) in [5, 5.41) is 3.06. The van der Waals surface area contributed by atoms with Crippen molar-refractivity contribution in [3.05, 3.63) is 58.6 Å². The fourth-order valence-electron chi connectivity index (χ4n) is 2.44. The second-order valence-electron chi connectivity index (χ2n) is 6.11. The van der Waals surface area contributed by atoms with Crippen LogP contribution in [0.5, 0.6) is 0 Å². The molecule has 2 rings (SSSR count). The van der Waals surface area contributed by atoms with E-state index < -0.39 is 34.1 Å². The number of benzene rings is 2. The molecule has 0 saturated heterocycles. The van der Waals surface area contributed by atoms with Gasteiger partial charge in [0.25, 0.3) is 5.91 Å². The predicted octanol–water partition coefficient (Wildman–Crippen LogP) is 3.30. The molecule has 0 aliphatic carbocycles. The van der Waals surface area contributed by atoms with Crippen molar-refractivity contribution in [3.8, 4) is 0 Å². The predicted molar refractivity (Wildman–Crippen MR) is 104 cm³/mol. The minimum atomic E-state index is -3.63. The average molecular weight is 410 g/mol. The van der Waals surface area contributed by atoms with E-state index in [0.717, 1.165) is 11.1 Å². The Morgan fingerprint density at radius 1 is 1.04 bits per heavy atom. The number of carbonyl (C=O) groups is 2. The lowest BCUT2D eigenvalue weighted by atomic mass is 10.1. The van der Waals surface area contributed by atoms with Crippen LogP contribution < -0.4 is 5.32 Å². The summed E-state index contributed by atoms with van der Waals surface area (Å²) in [7, 11) is -3.63. The summed E-state index contributed by atoms with van der Waals surface area (Å²) in [6.07, 6.45) is -0.345. The molecular formula is C19H20ClNO5S. The van der Waals surface area contributed by atoms with E-state index in [9.17, 15) is 18.0 Å². The third-order valence-corrected chi connectivity index (χ3v) is 5.60. The third kappa shape index (κ3) is 6.69. The Balaban J connectivity index is 1.81. The Bertz CT molecular complexity index is 919. The quantitative estimate of drug-likeness (QED) is 0.708. The zero-order valence-electron chi connectivity index (χ0n) is 15.0. The minimum Gasteiger partial charge on any atom is -0.456 e. The summed E-state index contributed by atoms with van der Waals surface area (Å²) in [6, 6.07) is 11.2. The number of carbonyl (C=O) groups excluding carboxylic acids is 2. The molecule has 2 aromatic rings. The van der Waals surface area contributed by atoms with Gasteiger partial charge in [-0.15, -0.1) is 0 Å². The molecule has 144 valence electrons. The summed E-state index contributed by atoms with van der Waals surface area (Å²) >= 11 is 5.73. The van der Waals surface area contributed by atoms with Gasteiger partial charge in [-0.2, -0.15) is 0 Å². The van der Waals surface area contributed by atoms with Gasteiger partial charge in [0.2, 0.25) is 0 Å². The van der Waals surface area contributed by atoms with Crippen molar-refractivity contribution in [2.75, 3.05) is 17.7 Å². The number of aryl methyl sites for hydroxylation is 2. The first-order valence-corrected chi connectivity index (χ1v) is 10.2. The van der Waals surface area contributed by atoms with Gasteiger partial charge in [-0.25, -0.2) is 8.42 Å². The van der Waals surface area contributed by atoms with Crippen molar-refractivity contribution >= 4 is 39.0 Å². The molecule has 0 radical (unpaired) electrons. The van der Waals surface area contributed by atoms with Crippen LogP contribution in [0.1, 0.15) is 17.5 Å². The smallest absolute Gasteiger partial charge is 0.307 e. The number of esters is 1. The molecular weight excluding hydrogens is 390 g/mol. The zero-order chi connectivity index (χ0) is 20.0. The van der Waals surface area contributed by atoms with Crippen LogP contribution in [0.4, 0.5) is 5.69 Å². The van der Waals surface area contributed by atoms with Gasteiger partial charge in [0, 0.05) is 10.7 Å². The number of hydrogen-bond acceptors (Lipinski definition) is 5. The van der Waals surface area contributed by atoms with Gasteiger partial charge in [-0.05, 0) is 61.4 Å². The Labute approximate surface area is 163 Å². The molecule has 8 heteroatoms. The number of sulfone groups is 1. The summed E-state index contributed by atoms with van der Waals surface area (Å²) in [5.41, 5.74) is 2.60. The van der Waals surface area contributed by atoms with E-state index in [4.69, 9.17) is 16.3 Å². The number of rotatable bonds is 7. The fourth-order valence-corrected chi connectivity index (χ4v) is 3.79. The maximum atomic E-state index is 12.2. The van der Waals surface area contributed by atoms with Crippen molar-refractivity contribution in [1.82, 2.24) is 0 Å². The van der Waals surface area contributed by atoms with Gasteiger partial charge in [0.05, 0.1) is 17.1 Å². The first-order chi connectivity index (χ1) is 12.7. The second-order valence-corrected chi connectivity index (χ2v) is 8.65. The summed E-state index contributed by atoms with van der Waals surface area (Å²) in [5.74, 6) is -1.66. The van der Waals surface area contributed by atoms with Gasteiger partial charge in [0.1, 0.15) is 0 Å². The number of anilines is 1. The third-order valence-electron chi connectivity index (χ3n) is 3.62. The van der Waals surface area contributed by atoms with Crippen LogP contribution in [-0.4, -0.2) is 32.7 Å². The Hall–Kier alpha value is -2.38. The molecule has 0 saturated carbocycles. The SMILES string of the molecule is Cc1cc(C)cc(NC(=O)COC(=O)CCS(=O)(=O)c2ccc(Cl)cc2)c1. The maximum absolute atomic E-state index is 12.2. The molecule has 27 heavy (non-hydrogen) atoms. The highest BCUT2D eigenvalue weighted by molar-refractivity contribution is 7.91. The van der Waals surface area contributed by atoms with Gasteiger partial charge < -0.3 is 10.1 Å². The van der Waals surface area contributed by atoms with E-state index in [1.807, 2.05) is 19.9 Å². The van der Waals surface area contributed by atoms with Crippen molar-refractivity contribution in [1.29, 1.82) is 0 Å². The van der Waals surface area contributed by atoms with Crippen LogP contribution >= 0.6 is 11.6 Å². The van der Waals surface area contributed by atoms with E-state index in [-0.39, 0.29) is 11.3 Å². The average Bonchev–Trinajstić information content (AvgIpc) is 2.57. The normalized spacial score (nSPS) is 11.1. The second kappa shape index (κ2) is 9.01. The molecule has 0 spiro atoms. The lowest BCUT2D eigenvalue weighted by molar-refractivity contribution is -0.146. The Morgan fingerprint density at radius 2 is 1.63 bits per heavy atom. The molecule has 2 aromatic carbocycles. The number of amides is 1. The van der Waals surface area contributed by atoms with Gasteiger partial charge in [-0.3, -0.25) is 9.59 Å². The monoisotopic (exact) mass is 409 g/mol. The summed E-state index contributed by atoms with van der Waals surface area (Å²) < 4.78 is 29.2. The molecule has 0 aliphatic rings. The summed E-state index contributed by atoms with van der Waals surface area (Å²) in [6.45, 7) is 3.33. The first kappa shape index (κ1) is 20.9. The van der Waals surface area contributed by atoms with Crippen molar-refractivity contribution in [2.24, 2.45) is 0 Å². The molecule has 0 unspecified atom stereocenters. The van der Waals surface area contributed by atoms with Crippen LogP contribution in [0, 0.1) is 13.8 Å². The van der Waals surface area contributed by atoms with E-state index in [1.165, 1.54) is 24.3 Å². The Morgan fingerprint density at radius 3 is 2.22 bits per heavy atom. The zero-order valence-corrected chi connectivity index (χ0v) is 16.6. The lowest BCUT2D eigenvalue weighted by Crippen LogP contribution is -2.22. The lowest BCUT2D eigenvalue weighted by Gasteiger charge is -2.09. The highest BCUT2D eigenvalue weighted by Crippen LogP contribution is 2.16. The fraction of sp³-hybridized carbons (Fsp3) is 0.263. The highest BCUT2D eigenvalue weighted by Gasteiger charge is 2.17. The van der Waals surface area contributed by atoms with Gasteiger partial charge in [-0.1, -0.05) is 17.7 Å². The van der Waals surface area contributed by atoms with E-state index in [2.05, 4.69) is 5.32 Å². The number of hydrogen-bond donors (Lipinski definition) is 1. The highest BCUT2D eigenvalue weighted by atomic mass is 35.5. The van der Waals surface area contributed by atoms with Crippen LogP contribution in [0.15, 0.2) is 47.4 Å². The number of ether oxygens (including phenoxy) is 1. The first-order valence-electron chi connectivity index (χ1n) is 8.18. The van der Waals surface area contributed by atoms with Gasteiger partial charge >= 0.3 is 5.97 Å². The van der Waals surface area contributed by atoms with Crippen molar-refractivity contribution < 1.29 is 22.7 Å². The molecule has 0 heterocycles. The summed E-state index contributed by atoms with van der Waals surface area (Å²) in [4.78, 5) is 23.7. The molecule has 1 amide bonds. The van der Waals surface area contributed by atoms with Crippen LogP contribution in [0.2, 0.25) is 5.02 Å². The van der Waals surface area contributed by atoms with E-state index in [1.54, 1.807) is 12.1 Å². The Kier molecular flexibility index (Phi) is 6.98. The molecule has 0 bridgehead atoms. The number of nitrogens with one attached hydrogen (secondary N) is 1. The van der Waals surface area contributed by atoms with E-state index >= 15 is 0 Å². The number of halogens is 1. The van der Waals surface area contributed by atoms with E-state index in [0.29, 0.717) is 10.7 Å². The largest absolute Gasteiger partial charge is 0.456 e. The maximum Gasteiger partial charge on any atom is 0.307 e. The molecule has 1 N–H and O–H groups in total. The molecule has 0 fully saturated rings. The van der Waals surface area contributed by atoms with Crippen LogP contribution in [0.3, 0.4) is 0 Å². The molecule has 0 aromatic heterocycles. The molecule has 6 nitrogen and oxygen atoms in total. The van der Waals surface area contributed by atoms with Crippen molar-refractivity contribution in [2.45, 2.75) is 25.2 Å². The standard InChI is InChI=1S/C19H20ClNO5S/c1-13-9-14(2)11-16(10-13)21-18(22)12-26-19(23)7-8-27(24,25)17-5-3-15(20)4-6-17/h3-6,9-11H,7-8,12H2,1-2H3,(H,21,22). The van der Waals surface area contributed by atoms with Gasteiger partial charge in [0.15, 0.2) is 16.4 Å². The topological polar surface area (TPSA) is 89.5 Å². The van der Waals surface area contributed by atoms with Crippen LogP contribution in [0.25, 0.3) is 0 Å². The molecule has 0 aliphatic heterocycles.